The van der Waals surface area contributed by atoms with Crippen LogP contribution in [0.1, 0.15) is 26.3 Å². The van der Waals surface area contributed by atoms with Gasteiger partial charge in [-0.05, 0) is 33.9 Å². The molecule has 3 nitrogen and oxygen atoms in total. The van der Waals surface area contributed by atoms with Gasteiger partial charge >= 0.3 is 0 Å². The highest BCUT2D eigenvalue weighted by Crippen LogP contribution is 2.22. The highest BCUT2D eigenvalue weighted by Gasteiger charge is 2.12. The molecule has 0 heterocycles. The lowest BCUT2D eigenvalue weighted by atomic mass is 10.2. The Morgan fingerprint density at radius 3 is 2.56 bits per heavy atom. The van der Waals surface area contributed by atoms with Crippen LogP contribution in [0.5, 0.6) is 5.75 Å². The molecule has 0 aliphatic rings. The molecule has 4 heteroatoms. The summed E-state index contributed by atoms with van der Waals surface area (Å²) in [5, 5.41) is 2.99. The van der Waals surface area contributed by atoms with Crippen LogP contribution in [0.3, 0.4) is 0 Å². The highest BCUT2D eigenvalue weighted by molar-refractivity contribution is 5.34. The number of hydrogen-bond acceptors (Lipinski definition) is 3. The van der Waals surface area contributed by atoms with Crippen LogP contribution in [0.15, 0.2) is 18.2 Å². The van der Waals surface area contributed by atoms with Gasteiger partial charge in [0, 0.05) is 12.1 Å². The van der Waals surface area contributed by atoms with E-state index in [0.717, 1.165) is 5.56 Å². The number of ether oxygens (including phenoxy) is 2. The van der Waals surface area contributed by atoms with Crippen molar-refractivity contribution in [1.29, 1.82) is 0 Å². The zero-order valence-corrected chi connectivity index (χ0v) is 11.5. The average Bonchev–Trinajstić information content (AvgIpc) is 2.26. The molecule has 0 amide bonds. The summed E-state index contributed by atoms with van der Waals surface area (Å²) in [6.45, 7) is 7.28. The van der Waals surface area contributed by atoms with Crippen LogP contribution >= 0.6 is 0 Å². The lowest BCUT2D eigenvalue weighted by Crippen LogP contribution is -2.23. The van der Waals surface area contributed by atoms with Crippen molar-refractivity contribution in [3.05, 3.63) is 29.6 Å². The van der Waals surface area contributed by atoms with Crippen molar-refractivity contribution in [1.82, 2.24) is 5.32 Å². The minimum absolute atomic E-state index is 0.202. The molecule has 0 aliphatic carbocycles. The third kappa shape index (κ3) is 5.02. The van der Waals surface area contributed by atoms with Crippen LogP contribution in [-0.2, 0) is 11.3 Å². The summed E-state index contributed by atoms with van der Waals surface area (Å²) in [6, 6.07) is 4.93. The largest absolute Gasteiger partial charge is 0.488 e. The quantitative estimate of drug-likeness (QED) is 0.793. The zero-order chi connectivity index (χ0) is 13.6. The van der Waals surface area contributed by atoms with Crippen LogP contribution in [0.4, 0.5) is 4.39 Å². The first-order valence-corrected chi connectivity index (χ1v) is 6.13. The van der Waals surface area contributed by atoms with E-state index in [-0.39, 0.29) is 11.4 Å². The van der Waals surface area contributed by atoms with Gasteiger partial charge in [-0.15, -0.1) is 0 Å². The molecule has 0 saturated carbocycles. The maximum absolute atomic E-state index is 13.6. The van der Waals surface area contributed by atoms with Crippen LogP contribution in [0.2, 0.25) is 0 Å². The van der Waals surface area contributed by atoms with Gasteiger partial charge < -0.3 is 14.8 Å². The molecule has 0 spiro atoms. The minimum Gasteiger partial charge on any atom is -0.488 e. The van der Waals surface area contributed by atoms with E-state index >= 15 is 0 Å². The molecule has 1 N–H and O–H groups in total. The Balaban J connectivity index is 2.55. The molecule has 1 rings (SSSR count). The first-order chi connectivity index (χ1) is 8.44. The van der Waals surface area contributed by atoms with Crippen molar-refractivity contribution in [2.75, 3.05) is 20.3 Å². The minimum atomic E-state index is -0.335. The second-order valence-electron chi connectivity index (χ2n) is 5.07. The van der Waals surface area contributed by atoms with E-state index in [4.69, 9.17) is 9.47 Å². The molecule has 18 heavy (non-hydrogen) atoms. The van der Waals surface area contributed by atoms with Gasteiger partial charge in [0.25, 0.3) is 0 Å². The maximum Gasteiger partial charge on any atom is 0.165 e. The fraction of sp³-hybridized carbons (Fsp3) is 0.571. The van der Waals surface area contributed by atoms with Gasteiger partial charge in [0.15, 0.2) is 11.6 Å². The third-order valence-electron chi connectivity index (χ3n) is 2.28. The Morgan fingerprint density at radius 1 is 1.22 bits per heavy atom. The lowest BCUT2D eigenvalue weighted by molar-refractivity contribution is -0.0167. The molecule has 0 aliphatic heterocycles. The number of rotatable bonds is 6. The van der Waals surface area contributed by atoms with Crippen molar-refractivity contribution >= 4 is 0 Å². The summed E-state index contributed by atoms with van der Waals surface area (Å²) in [6.07, 6.45) is 0. The fourth-order valence-electron chi connectivity index (χ4n) is 1.54. The Morgan fingerprint density at radius 2 is 1.94 bits per heavy atom. The molecule has 0 radical (unpaired) electrons. The second kappa shape index (κ2) is 6.71. The van der Waals surface area contributed by atoms with E-state index in [1.165, 1.54) is 6.07 Å². The number of halogens is 1. The SMILES string of the molecule is CNCc1cccc(F)c1OCCOC(C)(C)C. The van der Waals surface area contributed by atoms with E-state index in [1.807, 2.05) is 33.9 Å². The summed E-state index contributed by atoms with van der Waals surface area (Å²) in [4.78, 5) is 0. The Hall–Kier alpha value is -1.13. The monoisotopic (exact) mass is 255 g/mol. The lowest BCUT2D eigenvalue weighted by Gasteiger charge is -2.20. The molecule has 1 aromatic carbocycles. The van der Waals surface area contributed by atoms with Crippen molar-refractivity contribution < 1.29 is 13.9 Å². The molecule has 1 aromatic rings. The standard InChI is InChI=1S/C14H22FNO2/c1-14(2,3)18-9-8-17-13-11(10-16-4)6-5-7-12(13)15/h5-7,16H,8-10H2,1-4H3. The summed E-state index contributed by atoms with van der Waals surface area (Å²) >= 11 is 0. The van der Waals surface area contributed by atoms with Gasteiger partial charge in [-0.3, -0.25) is 0 Å². The fourth-order valence-corrected chi connectivity index (χ4v) is 1.54. The first-order valence-electron chi connectivity index (χ1n) is 6.13. The van der Waals surface area contributed by atoms with Gasteiger partial charge in [0.2, 0.25) is 0 Å². The highest BCUT2D eigenvalue weighted by atomic mass is 19.1. The van der Waals surface area contributed by atoms with Crippen LogP contribution < -0.4 is 10.1 Å². The predicted molar refractivity (Wildman–Crippen MR) is 70.4 cm³/mol. The number of para-hydroxylation sites is 1. The van der Waals surface area contributed by atoms with Gasteiger partial charge in [-0.2, -0.15) is 0 Å². The third-order valence-corrected chi connectivity index (χ3v) is 2.28. The van der Waals surface area contributed by atoms with Gasteiger partial charge in [0.1, 0.15) is 6.61 Å². The first kappa shape index (κ1) is 14.9. The Kier molecular flexibility index (Phi) is 5.56. The Labute approximate surface area is 108 Å². The number of nitrogens with one attached hydrogen (secondary N) is 1. The van der Waals surface area contributed by atoms with Crippen LogP contribution in [0, 0.1) is 5.82 Å². The van der Waals surface area contributed by atoms with E-state index in [9.17, 15) is 4.39 Å². The number of hydrogen-bond donors (Lipinski definition) is 1. The molecule has 0 bridgehead atoms. The predicted octanol–water partition coefficient (Wildman–Crippen LogP) is 2.74. The molecule has 102 valence electrons. The molecular formula is C14H22FNO2. The summed E-state index contributed by atoms with van der Waals surface area (Å²) in [7, 11) is 1.82. The zero-order valence-electron chi connectivity index (χ0n) is 11.5. The summed E-state index contributed by atoms with van der Waals surface area (Å²) in [5.74, 6) is -0.0251. The van der Waals surface area contributed by atoms with Crippen molar-refractivity contribution in [2.45, 2.75) is 32.9 Å². The topological polar surface area (TPSA) is 30.5 Å². The normalized spacial score (nSPS) is 11.6. The molecule has 0 unspecified atom stereocenters. The molecule has 0 atom stereocenters. The van der Waals surface area contributed by atoms with E-state index in [1.54, 1.807) is 6.07 Å². The summed E-state index contributed by atoms with van der Waals surface area (Å²) in [5.41, 5.74) is 0.611. The van der Waals surface area contributed by atoms with Crippen molar-refractivity contribution in [3.63, 3.8) is 0 Å². The van der Waals surface area contributed by atoms with Crippen molar-refractivity contribution in [2.24, 2.45) is 0 Å². The van der Waals surface area contributed by atoms with Crippen LogP contribution in [-0.4, -0.2) is 25.9 Å². The molecule has 0 aromatic heterocycles. The van der Waals surface area contributed by atoms with Crippen molar-refractivity contribution in [3.8, 4) is 5.75 Å². The van der Waals surface area contributed by atoms with E-state index in [0.29, 0.717) is 25.5 Å². The van der Waals surface area contributed by atoms with E-state index in [2.05, 4.69) is 5.32 Å². The molecule has 0 saturated heterocycles. The smallest absolute Gasteiger partial charge is 0.165 e. The van der Waals surface area contributed by atoms with E-state index < -0.39 is 0 Å². The maximum atomic E-state index is 13.6. The van der Waals surface area contributed by atoms with Gasteiger partial charge in [0.05, 0.1) is 12.2 Å². The second-order valence-corrected chi connectivity index (χ2v) is 5.07. The number of benzene rings is 1. The average molecular weight is 255 g/mol. The molecular weight excluding hydrogens is 233 g/mol. The van der Waals surface area contributed by atoms with Crippen LogP contribution in [0.25, 0.3) is 0 Å². The van der Waals surface area contributed by atoms with Gasteiger partial charge in [-0.1, -0.05) is 12.1 Å². The Bertz CT molecular complexity index is 375. The summed E-state index contributed by atoms with van der Waals surface area (Å²) < 4.78 is 24.6. The molecule has 0 fully saturated rings. The van der Waals surface area contributed by atoms with Gasteiger partial charge in [-0.25, -0.2) is 4.39 Å².